The highest BCUT2D eigenvalue weighted by Crippen LogP contribution is 2.22. The Hall–Kier alpha value is -0.820. The molecule has 1 aliphatic heterocycles. The summed E-state index contributed by atoms with van der Waals surface area (Å²) < 4.78 is 23.0. The van der Waals surface area contributed by atoms with E-state index in [2.05, 4.69) is 10.5 Å². The van der Waals surface area contributed by atoms with Gasteiger partial charge in [0.25, 0.3) is 0 Å². The molecule has 1 heterocycles. The van der Waals surface area contributed by atoms with Crippen molar-refractivity contribution in [1.82, 2.24) is 5.32 Å². The van der Waals surface area contributed by atoms with Crippen LogP contribution in [0.25, 0.3) is 0 Å². The van der Waals surface area contributed by atoms with Crippen molar-refractivity contribution in [2.45, 2.75) is 45.6 Å². The van der Waals surface area contributed by atoms with Crippen LogP contribution >= 0.6 is 0 Å². The molecule has 0 aromatic rings. The molecule has 1 unspecified atom stereocenters. The number of rotatable bonds is 6. The van der Waals surface area contributed by atoms with Crippen LogP contribution in [0.3, 0.4) is 0 Å². The Morgan fingerprint density at radius 1 is 1.53 bits per heavy atom. The number of nitrogens with zero attached hydrogens (tertiary/aromatic N) is 1. The van der Waals surface area contributed by atoms with Gasteiger partial charge in [0.2, 0.25) is 0 Å². The third kappa shape index (κ3) is 5.36. The summed E-state index contributed by atoms with van der Waals surface area (Å²) in [5.41, 5.74) is 5.27. The first-order chi connectivity index (χ1) is 8.77. The zero-order valence-corrected chi connectivity index (χ0v) is 12.5. The zero-order chi connectivity index (χ0) is 14.5. The molecule has 0 spiro atoms. The first-order valence-electron chi connectivity index (χ1n) is 6.69. The van der Waals surface area contributed by atoms with Gasteiger partial charge in [-0.15, -0.1) is 0 Å². The Balaban J connectivity index is 2.28. The highest BCUT2D eigenvalue weighted by atomic mass is 32.2. The van der Waals surface area contributed by atoms with Crippen LogP contribution in [0.2, 0.25) is 0 Å². The second-order valence-electron chi connectivity index (χ2n) is 5.88. The van der Waals surface area contributed by atoms with Gasteiger partial charge in [-0.2, -0.15) is 0 Å². The highest BCUT2D eigenvalue weighted by Gasteiger charge is 2.25. The summed E-state index contributed by atoms with van der Waals surface area (Å²) in [5.74, 6) is 0.797. The second-order valence-corrected chi connectivity index (χ2v) is 8.11. The molecular weight excluding hydrogens is 266 g/mol. The van der Waals surface area contributed by atoms with Gasteiger partial charge in [0.05, 0.1) is 11.5 Å². The number of hydrogen-bond donors (Lipinski definition) is 3. The summed E-state index contributed by atoms with van der Waals surface area (Å²) >= 11 is 0. The Morgan fingerprint density at radius 3 is 2.79 bits per heavy atom. The summed E-state index contributed by atoms with van der Waals surface area (Å²) in [7, 11) is -2.85. The first kappa shape index (κ1) is 16.2. The standard InChI is InChI=1S/C12H25N3O3S/c1-12(2,11(13)15-16)6-4-7-14-10-5-3-8-19(17,18)9-10/h10,14,16H,3-9H2,1-2H3,(H2,13,15). The molecule has 19 heavy (non-hydrogen) atoms. The Bertz CT molecular complexity index is 418. The van der Waals surface area contributed by atoms with Crippen LogP contribution in [0.15, 0.2) is 5.16 Å². The minimum absolute atomic E-state index is 0.0747. The normalized spacial score (nSPS) is 24.3. The van der Waals surface area contributed by atoms with Gasteiger partial charge < -0.3 is 16.3 Å². The molecule has 0 aliphatic carbocycles. The Kier molecular flexibility index (Phi) is 5.61. The summed E-state index contributed by atoms with van der Waals surface area (Å²) in [4.78, 5) is 0. The average Bonchev–Trinajstić information content (AvgIpc) is 2.32. The van der Waals surface area contributed by atoms with Gasteiger partial charge >= 0.3 is 0 Å². The largest absolute Gasteiger partial charge is 0.409 e. The number of nitrogens with two attached hydrogens (primary N) is 1. The molecule has 6 nitrogen and oxygen atoms in total. The van der Waals surface area contributed by atoms with E-state index in [1.54, 1.807) is 0 Å². The van der Waals surface area contributed by atoms with Crippen LogP contribution < -0.4 is 11.1 Å². The fourth-order valence-corrected chi connectivity index (χ4v) is 3.95. The lowest BCUT2D eigenvalue weighted by atomic mass is 9.86. The van der Waals surface area contributed by atoms with E-state index >= 15 is 0 Å². The number of sulfone groups is 1. The third-order valence-corrected chi connectivity index (χ3v) is 5.50. The van der Waals surface area contributed by atoms with Gasteiger partial charge in [-0.1, -0.05) is 19.0 Å². The summed E-state index contributed by atoms with van der Waals surface area (Å²) in [6, 6.07) is 0.0747. The molecule has 0 bridgehead atoms. The van der Waals surface area contributed by atoms with E-state index in [-0.39, 0.29) is 23.0 Å². The van der Waals surface area contributed by atoms with Gasteiger partial charge in [0.1, 0.15) is 5.84 Å². The number of hydrogen-bond acceptors (Lipinski definition) is 5. The lowest BCUT2D eigenvalue weighted by Crippen LogP contribution is -2.41. The monoisotopic (exact) mass is 291 g/mol. The first-order valence-corrected chi connectivity index (χ1v) is 8.51. The molecule has 112 valence electrons. The van der Waals surface area contributed by atoms with E-state index in [1.165, 1.54) is 0 Å². The molecule has 0 saturated carbocycles. The Morgan fingerprint density at radius 2 is 2.21 bits per heavy atom. The topological polar surface area (TPSA) is 105 Å². The molecule has 0 radical (unpaired) electrons. The lowest BCUT2D eigenvalue weighted by Gasteiger charge is -2.25. The Labute approximate surface area is 115 Å². The van der Waals surface area contributed by atoms with Crippen LogP contribution in [0.1, 0.15) is 39.5 Å². The van der Waals surface area contributed by atoms with E-state index in [0.717, 1.165) is 32.2 Å². The fourth-order valence-electron chi connectivity index (χ4n) is 2.28. The molecule has 1 atom stereocenters. The summed E-state index contributed by atoms with van der Waals surface area (Å²) in [6.07, 6.45) is 3.31. The molecule has 7 heteroatoms. The molecule has 0 aromatic heterocycles. The van der Waals surface area contributed by atoms with Gasteiger partial charge in [0, 0.05) is 11.5 Å². The minimum Gasteiger partial charge on any atom is -0.409 e. The van der Waals surface area contributed by atoms with Crippen molar-refractivity contribution in [1.29, 1.82) is 0 Å². The summed E-state index contributed by atoms with van der Waals surface area (Å²) in [6.45, 7) is 4.60. The smallest absolute Gasteiger partial charge is 0.151 e. The predicted molar refractivity (Wildman–Crippen MR) is 76.1 cm³/mol. The quantitative estimate of drug-likeness (QED) is 0.220. The van der Waals surface area contributed by atoms with E-state index < -0.39 is 9.84 Å². The van der Waals surface area contributed by atoms with Crippen LogP contribution in [-0.4, -0.2) is 43.6 Å². The number of amidine groups is 1. The molecule has 1 saturated heterocycles. The molecule has 4 N–H and O–H groups in total. The van der Waals surface area contributed by atoms with Gasteiger partial charge in [-0.3, -0.25) is 0 Å². The van der Waals surface area contributed by atoms with Crippen LogP contribution in [0.4, 0.5) is 0 Å². The zero-order valence-electron chi connectivity index (χ0n) is 11.7. The second kappa shape index (κ2) is 6.56. The van der Waals surface area contributed by atoms with E-state index in [1.807, 2.05) is 13.8 Å². The van der Waals surface area contributed by atoms with Crippen molar-refractivity contribution in [3.63, 3.8) is 0 Å². The minimum atomic E-state index is -2.85. The van der Waals surface area contributed by atoms with Crippen LogP contribution in [-0.2, 0) is 9.84 Å². The van der Waals surface area contributed by atoms with Crippen molar-refractivity contribution < 1.29 is 13.6 Å². The van der Waals surface area contributed by atoms with Gasteiger partial charge in [0.15, 0.2) is 9.84 Å². The van der Waals surface area contributed by atoms with E-state index in [9.17, 15) is 8.42 Å². The highest BCUT2D eigenvalue weighted by molar-refractivity contribution is 7.91. The number of oxime groups is 1. The maximum absolute atomic E-state index is 11.5. The molecule has 1 rings (SSSR count). The molecule has 1 aliphatic rings. The maximum Gasteiger partial charge on any atom is 0.151 e. The van der Waals surface area contributed by atoms with Crippen molar-refractivity contribution in [3.8, 4) is 0 Å². The maximum atomic E-state index is 11.5. The molecule has 1 fully saturated rings. The molecular formula is C12H25N3O3S. The van der Waals surface area contributed by atoms with E-state index in [0.29, 0.717) is 5.75 Å². The van der Waals surface area contributed by atoms with Crippen LogP contribution in [0.5, 0.6) is 0 Å². The van der Waals surface area contributed by atoms with Crippen molar-refractivity contribution in [2.75, 3.05) is 18.1 Å². The third-order valence-electron chi connectivity index (χ3n) is 3.68. The van der Waals surface area contributed by atoms with Crippen molar-refractivity contribution in [3.05, 3.63) is 0 Å². The fraction of sp³-hybridized carbons (Fsp3) is 0.917. The van der Waals surface area contributed by atoms with E-state index in [4.69, 9.17) is 10.9 Å². The summed E-state index contributed by atoms with van der Waals surface area (Å²) in [5, 5.41) is 15.0. The SMILES string of the molecule is CC(C)(CCCNC1CCCS(=O)(=O)C1)C(N)=NO. The predicted octanol–water partition coefficient (Wildman–Crippen LogP) is 0.706. The number of nitrogens with one attached hydrogen (secondary N) is 1. The average molecular weight is 291 g/mol. The molecule has 0 aromatic carbocycles. The molecule has 0 amide bonds. The van der Waals surface area contributed by atoms with Crippen molar-refractivity contribution >= 4 is 15.7 Å². The van der Waals surface area contributed by atoms with Gasteiger partial charge in [-0.25, -0.2) is 8.42 Å². The van der Waals surface area contributed by atoms with Crippen molar-refractivity contribution in [2.24, 2.45) is 16.3 Å². The van der Waals surface area contributed by atoms with Crippen LogP contribution in [0, 0.1) is 5.41 Å². The van der Waals surface area contributed by atoms with Gasteiger partial charge in [-0.05, 0) is 32.2 Å². The lowest BCUT2D eigenvalue weighted by molar-refractivity contribution is 0.304.